The van der Waals surface area contributed by atoms with Crippen molar-refractivity contribution in [1.82, 2.24) is 10.3 Å². The summed E-state index contributed by atoms with van der Waals surface area (Å²) in [7, 11) is 0. The molecule has 1 aromatic heterocycles. The van der Waals surface area contributed by atoms with E-state index in [1.807, 2.05) is 0 Å². The van der Waals surface area contributed by atoms with Gasteiger partial charge in [-0.05, 0) is 36.4 Å². The van der Waals surface area contributed by atoms with Gasteiger partial charge in [-0.15, -0.1) is 0 Å². The second-order valence-corrected chi connectivity index (χ2v) is 5.42. The van der Waals surface area contributed by atoms with Crippen molar-refractivity contribution in [2.24, 2.45) is 0 Å². The molecule has 0 unspecified atom stereocenters. The van der Waals surface area contributed by atoms with Crippen molar-refractivity contribution in [2.45, 2.75) is 0 Å². The van der Waals surface area contributed by atoms with Gasteiger partial charge >= 0.3 is 6.01 Å². The molecule has 0 aliphatic rings. The Balaban J connectivity index is 1.45. The fourth-order valence-electron chi connectivity index (χ4n) is 2.15. The van der Waals surface area contributed by atoms with Crippen LogP contribution >= 0.6 is 0 Å². The number of amides is 2. The molecule has 0 saturated heterocycles. The first-order valence-electron chi connectivity index (χ1n) is 8.10. The normalized spacial score (nSPS) is 10.3. The summed E-state index contributed by atoms with van der Waals surface area (Å²) in [6.45, 7) is 0.418. The molecule has 0 bridgehead atoms. The number of carbonyl (C=O) groups is 2. The minimum atomic E-state index is -0.471. The van der Waals surface area contributed by atoms with Gasteiger partial charge in [0.05, 0.1) is 6.54 Å². The number of ether oxygens (including phenoxy) is 1. The van der Waals surface area contributed by atoms with Crippen LogP contribution in [0.5, 0.6) is 5.75 Å². The van der Waals surface area contributed by atoms with E-state index >= 15 is 0 Å². The van der Waals surface area contributed by atoms with E-state index in [9.17, 15) is 14.0 Å². The standard InChI is InChI=1S/C19H16FN3O4/c20-14-6-8-15(9-7-14)26-11-10-21-18(25)16-12-27-19(22-16)23-17(24)13-4-2-1-3-5-13/h1-9,12H,10-11H2,(H,21,25)(H,22,23,24). The number of oxazole rings is 1. The largest absolute Gasteiger partial charge is 0.492 e. The number of hydrogen-bond donors (Lipinski definition) is 2. The van der Waals surface area contributed by atoms with Crippen LogP contribution in [-0.2, 0) is 0 Å². The van der Waals surface area contributed by atoms with E-state index in [2.05, 4.69) is 15.6 Å². The summed E-state index contributed by atoms with van der Waals surface area (Å²) in [6, 6.07) is 14.0. The molecule has 0 fully saturated rings. The molecule has 0 radical (unpaired) electrons. The Hall–Kier alpha value is -3.68. The number of carbonyl (C=O) groups excluding carboxylic acids is 2. The smallest absolute Gasteiger partial charge is 0.302 e. The number of nitrogens with zero attached hydrogens (tertiary/aromatic N) is 1. The number of hydrogen-bond acceptors (Lipinski definition) is 5. The minimum Gasteiger partial charge on any atom is -0.492 e. The Kier molecular flexibility index (Phi) is 5.78. The highest BCUT2D eigenvalue weighted by molar-refractivity contribution is 6.03. The van der Waals surface area contributed by atoms with Gasteiger partial charge in [-0.25, -0.2) is 4.39 Å². The summed E-state index contributed by atoms with van der Waals surface area (Å²) in [5.41, 5.74) is 0.472. The number of aromatic nitrogens is 1. The first kappa shape index (κ1) is 18.1. The highest BCUT2D eigenvalue weighted by atomic mass is 19.1. The van der Waals surface area contributed by atoms with Gasteiger partial charge in [-0.3, -0.25) is 14.9 Å². The van der Waals surface area contributed by atoms with E-state index in [4.69, 9.17) is 9.15 Å². The molecule has 3 aromatic rings. The molecule has 3 rings (SSSR count). The number of nitrogens with one attached hydrogen (secondary N) is 2. The zero-order valence-corrected chi connectivity index (χ0v) is 14.1. The van der Waals surface area contributed by atoms with Crippen molar-refractivity contribution in [2.75, 3.05) is 18.5 Å². The first-order valence-corrected chi connectivity index (χ1v) is 8.10. The lowest BCUT2D eigenvalue weighted by atomic mass is 10.2. The minimum absolute atomic E-state index is 0.0279. The van der Waals surface area contributed by atoms with Crippen molar-refractivity contribution in [3.63, 3.8) is 0 Å². The average Bonchev–Trinajstić information content (AvgIpc) is 3.16. The highest BCUT2D eigenvalue weighted by Gasteiger charge is 2.14. The molecule has 0 aliphatic heterocycles. The predicted octanol–water partition coefficient (Wildman–Crippen LogP) is 2.87. The molecule has 2 N–H and O–H groups in total. The molecule has 138 valence electrons. The molecule has 7 nitrogen and oxygen atoms in total. The Bertz CT molecular complexity index is 910. The zero-order chi connectivity index (χ0) is 19.1. The summed E-state index contributed by atoms with van der Waals surface area (Å²) in [5.74, 6) is -0.714. The zero-order valence-electron chi connectivity index (χ0n) is 14.1. The molecule has 2 amide bonds. The summed E-state index contributed by atoms with van der Waals surface area (Å²) < 4.78 is 23.3. The van der Waals surface area contributed by atoms with Crippen LogP contribution < -0.4 is 15.4 Å². The Morgan fingerprint density at radius 2 is 1.78 bits per heavy atom. The van der Waals surface area contributed by atoms with Gasteiger partial charge in [-0.2, -0.15) is 4.98 Å². The Labute approximate surface area is 154 Å². The van der Waals surface area contributed by atoms with Gasteiger partial charge in [0.1, 0.15) is 24.4 Å². The van der Waals surface area contributed by atoms with Crippen LogP contribution in [0.1, 0.15) is 20.8 Å². The Morgan fingerprint density at radius 1 is 1.04 bits per heavy atom. The van der Waals surface area contributed by atoms with E-state index in [1.54, 1.807) is 30.3 Å². The monoisotopic (exact) mass is 369 g/mol. The van der Waals surface area contributed by atoms with Crippen LogP contribution in [-0.4, -0.2) is 29.9 Å². The highest BCUT2D eigenvalue weighted by Crippen LogP contribution is 2.11. The molecule has 0 aliphatic carbocycles. The SMILES string of the molecule is O=C(Nc1nc(C(=O)NCCOc2ccc(F)cc2)co1)c1ccccc1. The first-order chi connectivity index (χ1) is 13.1. The summed E-state index contributed by atoms with van der Waals surface area (Å²) in [5, 5.41) is 5.08. The molecular formula is C19H16FN3O4. The number of halogens is 1. The molecule has 0 atom stereocenters. The third-order valence-corrected chi connectivity index (χ3v) is 3.46. The lowest BCUT2D eigenvalue weighted by molar-refractivity contribution is 0.0941. The number of benzene rings is 2. The van der Waals surface area contributed by atoms with Crippen molar-refractivity contribution in [3.8, 4) is 5.75 Å². The third-order valence-electron chi connectivity index (χ3n) is 3.46. The second-order valence-electron chi connectivity index (χ2n) is 5.42. The second kappa shape index (κ2) is 8.61. The molecule has 2 aromatic carbocycles. The third kappa shape index (κ3) is 5.15. The van der Waals surface area contributed by atoms with Crippen LogP contribution in [0.4, 0.5) is 10.4 Å². The lowest BCUT2D eigenvalue weighted by Gasteiger charge is -2.06. The van der Waals surface area contributed by atoms with Crippen LogP contribution in [0.15, 0.2) is 65.3 Å². The van der Waals surface area contributed by atoms with Crippen molar-refractivity contribution in [3.05, 3.63) is 77.9 Å². The fraction of sp³-hybridized carbons (Fsp3) is 0.105. The average molecular weight is 369 g/mol. The van der Waals surface area contributed by atoms with Crippen molar-refractivity contribution >= 4 is 17.8 Å². The molecular weight excluding hydrogens is 353 g/mol. The molecule has 1 heterocycles. The Morgan fingerprint density at radius 3 is 2.52 bits per heavy atom. The number of rotatable bonds is 7. The predicted molar refractivity (Wildman–Crippen MR) is 95.1 cm³/mol. The van der Waals surface area contributed by atoms with Crippen LogP contribution in [0.25, 0.3) is 0 Å². The van der Waals surface area contributed by atoms with Gasteiger partial charge in [0.25, 0.3) is 11.8 Å². The van der Waals surface area contributed by atoms with Gasteiger partial charge < -0.3 is 14.5 Å². The van der Waals surface area contributed by atoms with E-state index < -0.39 is 11.8 Å². The van der Waals surface area contributed by atoms with Gasteiger partial charge in [-0.1, -0.05) is 18.2 Å². The summed E-state index contributed by atoms with van der Waals surface area (Å²) >= 11 is 0. The maximum Gasteiger partial charge on any atom is 0.302 e. The molecule has 8 heteroatoms. The van der Waals surface area contributed by atoms with Crippen LogP contribution in [0, 0.1) is 5.82 Å². The topological polar surface area (TPSA) is 93.5 Å². The van der Waals surface area contributed by atoms with Gasteiger partial charge in [0.2, 0.25) is 0 Å². The maximum atomic E-state index is 12.8. The summed E-state index contributed by atoms with van der Waals surface area (Å²) in [6.07, 6.45) is 1.15. The molecule has 27 heavy (non-hydrogen) atoms. The quantitative estimate of drug-likeness (QED) is 0.625. The van der Waals surface area contributed by atoms with Crippen molar-refractivity contribution in [1.29, 1.82) is 0 Å². The van der Waals surface area contributed by atoms with E-state index in [0.717, 1.165) is 6.26 Å². The van der Waals surface area contributed by atoms with E-state index in [-0.39, 0.29) is 30.7 Å². The molecule has 0 saturated carbocycles. The van der Waals surface area contributed by atoms with Crippen LogP contribution in [0.3, 0.4) is 0 Å². The van der Waals surface area contributed by atoms with E-state index in [1.165, 1.54) is 24.3 Å². The summed E-state index contributed by atoms with van der Waals surface area (Å²) in [4.78, 5) is 28.0. The van der Waals surface area contributed by atoms with Gasteiger partial charge in [0, 0.05) is 5.56 Å². The lowest BCUT2D eigenvalue weighted by Crippen LogP contribution is -2.28. The van der Waals surface area contributed by atoms with Gasteiger partial charge in [0.15, 0.2) is 5.69 Å². The maximum absolute atomic E-state index is 12.8. The number of anilines is 1. The van der Waals surface area contributed by atoms with Crippen LogP contribution in [0.2, 0.25) is 0 Å². The fourth-order valence-corrected chi connectivity index (χ4v) is 2.15. The van der Waals surface area contributed by atoms with E-state index in [0.29, 0.717) is 11.3 Å². The molecule has 0 spiro atoms. The van der Waals surface area contributed by atoms with Crippen molar-refractivity contribution < 1.29 is 23.1 Å².